The van der Waals surface area contributed by atoms with Gasteiger partial charge in [0.05, 0.1) is 6.61 Å². The average Bonchev–Trinajstić information content (AvgIpc) is 2.42. The first kappa shape index (κ1) is 16.3. The van der Waals surface area contributed by atoms with Crippen LogP contribution in [0.5, 0.6) is 0 Å². The number of carbonyl (C=O) groups is 1. The Morgan fingerprint density at radius 2 is 1.70 bits per heavy atom. The van der Waals surface area contributed by atoms with Gasteiger partial charge in [-0.15, -0.1) is 0 Å². The molecule has 1 aromatic carbocycles. The van der Waals surface area contributed by atoms with Crippen molar-refractivity contribution in [2.45, 2.75) is 46.5 Å². The molecule has 0 aliphatic carbocycles. The molecule has 0 aromatic heterocycles. The maximum absolute atomic E-state index is 11.4. The molecule has 0 spiro atoms. The van der Waals surface area contributed by atoms with Gasteiger partial charge in [0.2, 0.25) is 0 Å². The Bertz CT molecular complexity index is 451. The molecule has 0 amide bonds. The standard InChI is InChI=1S/C17H25NO2/c1-4-7-14-11-13(9-10-16(19)20-6-3)12-15(8-5-2)17(14)18/h9-12H,4-8,18H2,1-3H3/b10-9+. The molecule has 3 heteroatoms. The Balaban J connectivity index is 3.03. The Hall–Kier alpha value is -1.77. The van der Waals surface area contributed by atoms with Gasteiger partial charge >= 0.3 is 5.97 Å². The van der Waals surface area contributed by atoms with E-state index in [9.17, 15) is 4.79 Å². The molecule has 1 aromatic rings. The molecule has 0 atom stereocenters. The maximum Gasteiger partial charge on any atom is 0.330 e. The van der Waals surface area contributed by atoms with Crippen molar-refractivity contribution in [3.8, 4) is 0 Å². The molecule has 0 saturated heterocycles. The molecule has 1 rings (SSSR count). The minimum atomic E-state index is -0.307. The Morgan fingerprint density at radius 1 is 1.15 bits per heavy atom. The maximum atomic E-state index is 11.4. The predicted molar refractivity (Wildman–Crippen MR) is 84.5 cm³/mol. The fraction of sp³-hybridized carbons (Fsp3) is 0.471. The summed E-state index contributed by atoms with van der Waals surface area (Å²) in [5.41, 5.74) is 10.5. The summed E-state index contributed by atoms with van der Waals surface area (Å²) in [6.07, 6.45) is 7.31. The van der Waals surface area contributed by atoms with Crippen molar-refractivity contribution in [2.75, 3.05) is 12.3 Å². The summed E-state index contributed by atoms with van der Waals surface area (Å²) in [4.78, 5) is 11.4. The van der Waals surface area contributed by atoms with Crippen LogP contribution in [0.2, 0.25) is 0 Å². The summed E-state index contributed by atoms with van der Waals surface area (Å²) in [5, 5.41) is 0. The number of benzene rings is 1. The summed E-state index contributed by atoms with van der Waals surface area (Å²) in [7, 11) is 0. The van der Waals surface area contributed by atoms with Gasteiger partial charge in [-0.1, -0.05) is 26.7 Å². The van der Waals surface area contributed by atoms with Gasteiger partial charge < -0.3 is 10.5 Å². The molecule has 0 aliphatic heterocycles. The fourth-order valence-corrected chi connectivity index (χ4v) is 2.21. The highest BCUT2D eigenvalue weighted by molar-refractivity contribution is 5.87. The van der Waals surface area contributed by atoms with E-state index in [1.54, 1.807) is 13.0 Å². The smallest absolute Gasteiger partial charge is 0.330 e. The molecule has 0 radical (unpaired) electrons. The quantitative estimate of drug-likeness (QED) is 0.468. The number of anilines is 1. The molecule has 0 saturated carbocycles. The van der Waals surface area contributed by atoms with Gasteiger partial charge in [-0.3, -0.25) is 0 Å². The molecular weight excluding hydrogens is 250 g/mol. The van der Waals surface area contributed by atoms with Gasteiger partial charge in [0.1, 0.15) is 0 Å². The zero-order chi connectivity index (χ0) is 15.0. The van der Waals surface area contributed by atoms with E-state index in [0.717, 1.165) is 36.9 Å². The van der Waals surface area contributed by atoms with E-state index in [2.05, 4.69) is 26.0 Å². The number of ether oxygens (including phenoxy) is 1. The number of esters is 1. The van der Waals surface area contributed by atoms with Crippen LogP contribution in [0.15, 0.2) is 18.2 Å². The summed E-state index contributed by atoms with van der Waals surface area (Å²) in [6, 6.07) is 4.13. The molecule has 0 fully saturated rings. The van der Waals surface area contributed by atoms with E-state index in [1.807, 2.05) is 0 Å². The topological polar surface area (TPSA) is 52.3 Å². The van der Waals surface area contributed by atoms with E-state index in [0.29, 0.717) is 6.61 Å². The molecule has 0 heterocycles. The lowest BCUT2D eigenvalue weighted by Gasteiger charge is -2.12. The van der Waals surface area contributed by atoms with Crippen molar-refractivity contribution >= 4 is 17.7 Å². The molecule has 20 heavy (non-hydrogen) atoms. The van der Waals surface area contributed by atoms with Crippen molar-refractivity contribution in [1.82, 2.24) is 0 Å². The van der Waals surface area contributed by atoms with Crippen molar-refractivity contribution in [1.29, 1.82) is 0 Å². The Labute approximate surface area is 121 Å². The first-order valence-corrected chi connectivity index (χ1v) is 7.38. The minimum Gasteiger partial charge on any atom is -0.463 e. The van der Waals surface area contributed by atoms with Gasteiger partial charge in [0.25, 0.3) is 0 Å². The number of hydrogen-bond donors (Lipinski definition) is 1. The monoisotopic (exact) mass is 275 g/mol. The van der Waals surface area contributed by atoms with E-state index < -0.39 is 0 Å². The van der Waals surface area contributed by atoms with E-state index in [-0.39, 0.29) is 5.97 Å². The van der Waals surface area contributed by atoms with Crippen LogP contribution in [0.3, 0.4) is 0 Å². The van der Waals surface area contributed by atoms with Gasteiger partial charge in [0, 0.05) is 11.8 Å². The largest absolute Gasteiger partial charge is 0.463 e. The number of carbonyl (C=O) groups excluding carboxylic acids is 1. The number of hydrogen-bond acceptors (Lipinski definition) is 3. The lowest BCUT2D eigenvalue weighted by molar-refractivity contribution is -0.137. The van der Waals surface area contributed by atoms with Gasteiger partial charge in [-0.25, -0.2) is 4.79 Å². The highest BCUT2D eigenvalue weighted by atomic mass is 16.5. The third-order valence-corrected chi connectivity index (χ3v) is 3.11. The van der Waals surface area contributed by atoms with Crippen LogP contribution in [-0.4, -0.2) is 12.6 Å². The highest BCUT2D eigenvalue weighted by Gasteiger charge is 2.06. The number of nitrogens with two attached hydrogens (primary N) is 1. The predicted octanol–water partition coefficient (Wildman–Crippen LogP) is 3.75. The van der Waals surface area contributed by atoms with Crippen molar-refractivity contribution < 1.29 is 9.53 Å². The summed E-state index contributed by atoms with van der Waals surface area (Å²) in [5.74, 6) is -0.307. The third-order valence-electron chi connectivity index (χ3n) is 3.11. The number of rotatable bonds is 7. The lowest BCUT2D eigenvalue weighted by Crippen LogP contribution is -2.02. The normalized spacial score (nSPS) is 10.9. The highest BCUT2D eigenvalue weighted by Crippen LogP contribution is 2.24. The molecule has 0 aliphatic rings. The second-order valence-corrected chi connectivity index (χ2v) is 4.84. The zero-order valence-corrected chi connectivity index (χ0v) is 12.7. The van der Waals surface area contributed by atoms with Crippen LogP contribution >= 0.6 is 0 Å². The summed E-state index contributed by atoms with van der Waals surface area (Å²) >= 11 is 0. The van der Waals surface area contributed by atoms with E-state index in [1.165, 1.54) is 17.2 Å². The average molecular weight is 275 g/mol. The van der Waals surface area contributed by atoms with Crippen LogP contribution in [0, 0.1) is 0 Å². The molecule has 110 valence electrons. The van der Waals surface area contributed by atoms with Crippen LogP contribution in [0.25, 0.3) is 6.08 Å². The first-order valence-electron chi connectivity index (χ1n) is 7.38. The Morgan fingerprint density at radius 3 is 2.15 bits per heavy atom. The van der Waals surface area contributed by atoms with Crippen molar-refractivity contribution in [3.05, 3.63) is 34.9 Å². The van der Waals surface area contributed by atoms with Crippen LogP contribution < -0.4 is 5.73 Å². The fourth-order valence-electron chi connectivity index (χ4n) is 2.21. The SMILES string of the molecule is CCCc1cc(/C=C/C(=O)OCC)cc(CCC)c1N. The van der Waals surface area contributed by atoms with Gasteiger partial charge in [0.15, 0.2) is 0 Å². The van der Waals surface area contributed by atoms with E-state index >= 15 is 0 Å². The Kier molecular flexibility index (Phi) is 6.85. The molecular formula is C17H25NO2. The number of nitrogen functional groups attached to an aromatic ring is 1. The minimum absolute atomic E-state index is 0.307. The van der Waals surface area contributed by atoms with Crippen molar-refractivity contribution in [3.63, 3.8) is 0 Å². The van der Waals surface area contributed by atoms with E-state index in [4.69, 9.17) is 10.5 Å². The van der Waals surface area contributed by atoms with Crippen LogP contribution in [0.4, 0.5) is 5.69 Å². The number of aryl methyl sites for hydroxylation is 2. The zero-order valence-electron chi connectivity index (χ0n) is 12.7. The third kappa shape index (κ3) is 4.72. The first-order chi connectivity index (χ1) is 9.62. The summed E-state index contributed by atoms with van der Waals surface area (Å²) in [6.45, 7) is 6.47. The molecule has 2 N–H and O–H groups in total. The van der Waals surface area contributed by atoms with Gasteiger partial charge in [-0.05, 0) is 54.7 Å². The van der Waals surface area contributed by atoms with Crippen LogP contribution in [0.1, 0.15) is 50.3 Å². The lowest BCUT2D eigenvalue weighted by atomic mass is 9.97. The molecule has 0 bridgehead atoms. The van der Waals surface area contributed by atoms with Crippen LogP contribution in [-0.2, 0) is 22.4 Å². The second-order valence-electron chi connectivity index (χ2n) is 4.84. The second kappa shape index (κ2) is 8.41. The summed E-state index contributed by atoms with van der Waals surface area (Å²) < 4.78 is 4.89. The molecule has 3 nitrogen and oxygen atoms in total. The molecule has 0 unspecified atom stereocenters. The van der Waals surface area contributed by atoms with Gasteiger partial charge in [-0.2, -0.15) is 0 Å². The van der Waals surface area contributed by atoms with Crippen molar-refractivity contribution in [2.24, 2.45) is 0 Å².